The molecule has 8 heteroatoms. The van der Waals surface area contributed by atoms with Crippen molar-refractivity contribution in [1.82, 2.24) is 15.0 Å². The summed E-state index contributed by atoms with van der Waals surface area (Å²) in [5.74, 6) is -1.33. The lowest BCUT2D eigenvalue weighted by atomic mass is 10.1. The summed E-state index contributed by atoms with van der Waals surface area (Å²) < 4.78 is 25.7. The number of carboxylic acids is 1. The SMILES string of the molecule is O=C(O)c1nnn(CC(F)F)c1-c1ccc(Cl)cc1. The molecule has 0 aliphatic carbocycles. The van der Waals surface area contributed by atoms with Crippen LogP contribution in [0.1, 0.15) is 10.5 Å². The van der Waals surface area contributed by atoms with Crippen molar-refractivity contribution in [2.45, 2.75) is 13.0 Å². The Labute approximate surface area is 111 Å². The van der Waals surface area contributed by atoms with Gasteiger partial charge in [-0.1, -0.05) is 28.9 Å². The molecule has 0 aliphatic heterocycles. The first-order valence-corrected chi connectivity index (χ1v) is 5.57. The van der Waals surface area contributed by atoms with Gasteiger partial charge in [-0.25, -0.2) is 18.3 Å². The van der Waals surface area contributed by atoms with Gasteiger partial charge in [0.2, 0.25) is 0 Å². The molecule has 100 valence electrons. The summed E-state index contributed by atoms with van der Waals surface area (Å²) in [4.78, 5) is 11.0. The fourth-order valence-electron chi connectivity index (χ4n) is 1.61. The number of carbonyl (C=O) groups is 1. The van der Waals surface area contributed by atoms with E-state index >= 15 is 0 Å². The zero-order chi connectivity index (χ0) is 14.0. The molecule has 0 unspecified atom stereocenters. The average molecular weight is 288 g/mol. The standard InChI is InChI=1S/C11H8ClF2N3O2/c12-7-3-1-6(2-4-7)10-9(11(18)19)15-16-17(10)5-8(13)14/h1-4,8H,5H2,(H,18,19). The molecule has 1 aromatic heterocycles. The van der Waals surface area contributed by atoms with E-state index in [1.54, 1.807) is 0 Å². The Kier molecular flexibility index (Phi) is 3.75. The van der Waals surface area contributed by atoms with Crippen molar-refractivity contribution >= 4 is 17.6 Å². The number of nitrogens with zero attached hydrogens (tertiary/aromatic N) is 3. The lowest BCUT2D eigenvalue weighted by Crippen LogP contribution is -2.10. The largest absolute Gasteiger partial charge is 0.476 e. The van der Waals surface area contributed by atoms with Gasteiger partial charge in [0.15, 0.2) is 5.69 Å². The zero-order valence-corrected chi connectivity index (χ0v) is 10.2. The number of benzene rings is 1. The highest BCUT2D eigenvalue weighted by Gasteiger charge is 2.22. The molecular formula is C11H8ClF2N3O2. The number of alkyl halides is 2. The number of aromatic carboxylic acids is 1. The molecule has 2 rings (SSSR count). The molecule has 0 atom stereocenters. The summed E-state index contributed by atoms with van der Waals surface area (Å²) in [5.41, 5.74) is 0.0693. The van der Waals surface area contributed by atoms with Crippen LogP contribution in [0.3, 0.4) is 0 Å². The number of hydrogen-bond donors (Lipinski definition) is 1. The number of hydrogen-bond acceptors (Lipinski definition) is 3. The Bertz CT molecular complexity index is 598. The fourth-order valence-corrected chi connectivity index (χ4v) is 1.74. The van der Waals surface area contributed by atoms with Crippen LogP contribution in [-0.4, -0.2) is 32.5 Å². The minimum Gasteiger partial charge on any atom is -0.476 e. The summed E-state index contributed by atoms with van der Waals surface area (Å²) in [7, 11) is 0. The maximum Gasteiger partial charge on any atom is 0.358 e. The molecule has 0 amide bonds. The van der Waals surface area contributed by atoms with Gasteiger partial charge in [0, 0.05) is 10.6 Å². The molecule has 1 N–H and O–H groups in total. The highest BCUT2D eigenvalue weighted by molar-refractivity contribution is 6.30. The molecular weight excluding hydrogens is 280 g/mol. The quantitative estimate of drug-likeness (QED) is 0.938. The molecule has 0 spiro atoms. The molecule has 1 heterocycles. The number of aromatic nitrogens is 3. The first kappa shape index (κ1) is 13.4. The Morgan fingerprint density at radius 2 is 2.00 bits per heavy atom. The highest BCUT2D eigenvalue weighted by Crippen LogP contribution is 2.24. The topological polar surface area (TPSA) is 68.0 Å². The van der Waals surface area contributed by atoms with Gasteiger partial charge < -0.3 is 5.11 Å². The molecule has 0 saturated carbocycles. The van der Waals surface area contributed by atoms with Gasteiger partial charge in [0.05, 0.1) is 0 Å². The Balaban J connectivity index is 2.54. The van der Waals surface area contributed by atoms with Gasteiger partial charge in [-0.3, -0.25) is 0 Å². The van der Waals surface area contributed by atoms with Crippen LogP contribution in [0.25, 0.3) is 11.3 Å². The normalized spacial score (nSPS) is 10.9. The summed E-state index contributed by atoms with van der Waals surface area (Å²) >= 11 is 5.73. The molecule has 5 nitrogen and oxygen atoms in total. The second kappa shape index (κ2) is 5.31. The summed E-state index contributed by atoms with van der Waals surface area (Å²) in [6.45, 7) is -0.724. The smallest absolute Gasteiger partial charge is 0.358 e. The minimum atomic E-state index is -2.66. The monoisotopic (exact) mass is 287 g/mol. The predicted molar refractivity (Wildman–Crippen MR) is 63.4 cm³/mol. The van der Waals surface area contributed by atoms with E-state index in [1.165, 1.54) is 24.3 Å². The van der Waals surface area contributed by atoms with E-state index in [0.717, 1.165) is 4.68 Å². The third-order valence-electron chi connectivity index (χ3n) is 2.37. The third-order valence-corrected chi connectivity index (χ3v) is 2.62. The molecule has 0 saturated heterocycles. The molecule has 19 heavy (non-hydrogen) atoms. The van der Waals surface area contributed by atoms with Gasteiger partial charge in [0.1, 0.15) is 12.2 Å². The maximum atomic E-state index is 12.4. The number of rotatable bonds is 4. The molecule has 1 aromatic carbocycles. The fraction of sp³-hybridized carbons (Fsp3) is 0.182. The molecule has 0 bridgehead atoms. The van der Waals surface area contributed by atoms with Crippen LogP contribution in [0.15, 0.2) is 24.3 Å². The second-order valence-electron chi connectivity index (χ2n) is 3.67. The summed E-state index contributed by atoms with van der Waals surface area (Å²) in [5, 5.41) is 16.3. The van der Waals surface area contributed by atoms with Crippen LogP contribution in [0.5, 0.6) is 0 Å². The van der Waals surface area contributed by atoms with E-state index in [4.69, 9.17) is 16.7 Å². The molecule has 0 radical (unpaired) electrons. The Morgan fingerprint density at radius 3 is 2.53 bits per heavy atom. The first-order valence-electron chi connectivity index (χ1n) is 5.20. The van der Waals surface area contributed by atoms with Gasteiger partial charge in [-0.05, 0) is 12.1 Å². The van der Waals surface area contributed by atoms with Gasteiger partial charge in [-0.2, -0.15) is 0 Å². The van der Waals surface area contributed by atoms with Gasteiger partial charge in [0.25, 0.3) is 6.43 Å². The maximum absolute atomic E-state index is 12.4. The second-order valence-corrected chi connectivity index (χ2v) is 4.11. The number of halogens is 3. The van der Waals surface area contributed by atoms with E-state index < -0.39 is 18.9 Å². The molecule has 2 aromatic rings. The summed E-state index contributed by atoms with van der Waals surface area (Å²) in [6, 6.07) is 6.11. The van der Waals surface area contributed by atoms with Crippen molar-refractivity contribution in [2.75, 3.05) is 0 Å². The van der Waals surface area contributed by atoms with E-state index in [0.29, 0.717) is 10.6 Å². The van der Waals surface area contributed by atoms with Crippen LogP contribution in [0.2, 0.25) is 5.02 Å². The Morgan fingerprint density at radius 1 is 1.37 bits per heavy atom. The van der Waals surface area contributed by atoms with Crippen molar-refractivity contribution in [3.8, 4) is 11.3 Å². The van der Waals surface area contributed by atoms with Crippen molar-refractivity contribution in [1.29, 1.82) is 0 Å². The minimum absolute atomic E-state index is 0.0319. The zero-order valence-electron chi connectivity index (χ0n) is 9.42. The van der Waals surface area contributed by atoms with E-state index in [2.05, 4.69) is 10.3 Å². The van der Waals surface area contributed by atoms with Crippen LogP contribution in [-0.2, 0) is 6.54 Å². The van der Waals surface area contributed by atoms with Crippen molar-refractivity contribution in [3.63, 3.8) is 0 Å². The van der Waals surface area contributed by atoms with Crippen LogP contribution in [0, 0.1) is 0 Å². The number of carboxylic acid groups (broad SMARTS) is 1. The van der Waals surface area contributed by atoms with Gasteiger partial charge >= 0.3 is 5.97 Å². The van der Waals surface area contributed by atoms with Crippen LogP contribution in [0.4, 0.5) is 8.78 Å². The lowest BCUT2D eigenvalue weighted by Gasteiger charge is -2.06. The van der Waals surface area contributed by atoms with Crippen LogP contribution >= 0.6 is 11.6 Å². The van der Waals surface area contributed by atoms with Crippen molar-refractivity contribution in [2.24, 2.45) is 0 Å². The first-order chi connectivity index (χ1) is 8.99. The third kappa shape index (κ3) is 2.87. The van der Waals surface area contributed by atoms with E-state index in [9.17, 15) is 13.6 Å². The lowest BCUT2D eigenvalue weighted by molar-refractivity contribution is 0.0691. The van der Waals surface area contributed by atoms with Gasteiger partial charge in [-0.15, -0.1) is 5.10 Å². The predicted octanol–water partition coefficient (Wildman–Crippen LogP) is 2.56. The van der Waals surface area contributed by atoms with E-state index in [1.807, 2.05) is 0 Å². The van der Waals surface area contributed by atoms with Crippen molar-refractivity contribution in [3.05, 3.63) is 35.0 Å². The Hall–Kier alpha value is -2.02. The summed E-state index contributed by atoms with van der Waals surface area (Å²) in [6.07, 6.45) is -2.66. The van der Waals surface area contributed by atoms with Crippen molar-refractivity contribution < 1.29 is 18.7 Å². The average Bonchev–Trinajstić information content (AvgIpc) is 2.73. The van der Waals surface area contributed by atoms with E-state index in [-0.39, 0.29) is 11.4 Å². The van der Waals surface area contributed by atoms with Crippen LogP contribution < -0.4 is 0 Å². The molecule has 0 aliphatic rings. The highest BCUT2D eigenvalue weighted by atomic mass is 35.5. The molecule has 0 fully saturated rings.